The van der Waals surface area contributed by atoms with Gasteiger partial charge in [0.05, 0.1) is 31.8 Å². The first kappa shape index (κ1) is 26.3. The number of rotatable bonds is 14. The molecule has 180 valence electrons. The van der Waals surface area contributed by atoms with Gasteiger partial charge in [-0.3, -0.25) is 14.8 Å². The van der Waals surface area contributed by atoms with Crippen LogP contribution in [0.25, 0.3) is 0 Å². The standard InChI is InChI=1S/C24H38N2O6/c1-3-30-17-32-16-22(25-23(27)20-11-9-18(2)10-12-20)13-21(24(28)26-29)15-31-14-19-7-5-4-6-8-19/h4-8,18,20-22,29H,3,9-17H2,1-2H3,(H,25,27)(H,26,28). The molecule has 1 aliphatic rings. The second-order valence-corrected chi connectivity index (χ2v) is 8.55. The summed E-state index contributed by atoms with van der Waals surface area (Å²) in [6.07, 6.45) is 4.13. The van der Waals surface area contributed by atoms with Crippen LogP contribution in [0, 0.1) is 17.8 Å². The quantitative estimate of drug-likeness (QED) is 0.174. The van der Waals surface area contributed by atoms with Gasteiger partial charge < -0.3 is 19.5 Å². The molecule has 2 rings (SSSR count). The highest BCUT2D eigenvalue weighted by atomic mass is 16.7. The van der Waals surface area contributed by atoms with Crippen molar-refractivity contribution in [3.8, 4) is 0 Å². The molecule has 1 fully saturated rings. The van der Waals surface area contributed by atoms with Gasteiger partial charge in [0, 0.05) is 12.5 Å². The van der Waals surface area contributed by atoms with Crippen molar-refractivity contribution in [1.82, 2.24) is 10.8 Å². The molecule has 2 unspecified atom stereocenters. The van der Waals surface area contributed by atoms with Crippen molar-refractivity contribution < 1.29 is 29.0 Å². The molecule has 0 spiro atoms. The normalized spacial score (nSPS) is 20.3. The van der Waals surface area contributed by atoms with Crippen LogP contribution in [-0.4, -0.2) is 49.7 Å². The summed E-state index contributed by atoms with van der Waals surface area (Å²) in [4.78, 5) is 25.1. The van der Waals surface area contributed by atoms with Gasteiger partial charge in [0.2, 0.25) is 11.8 Å². The fourth-order valence-electron chi connectivity index (χ4n) is 3.92. The van der Waals surface area contributed by atoms with Crippen LogP contribution in [0.3, 0.4) is 0 Å². The van der Waals surface area contributed by atoms with Gasteiger partial charge in [0.15, 0.2) is 0 Å². The van der Waals surface area contributed by atoms with Crippen LogP contribution in [0.1, 0.15) is 51.5 Å². The van der Waals surface area contributed by atoms with Gasteiger partial charge in [-0.25, -0.2) is 5.48 Å². The molecule has 0 aliphatic heterocycles. The minimum Gasteiger partial charge on any atom is -0.376 e. The van der Waals surface area contributed by atoms with Gasteiger partial charge in [-0.2, -0.15) is 0 Å². The van der Waals surface area contributed by atoms with Crippen LogP contribution in [0.15, 0.2) is 30.3 Å². The summed E-state index contributed by atoms with van der Waals surface area (Å²) in [7, 11) is 0. The van der Waals surface area contributed by atoms with Crippen LogP contribution in [0.5, 0.6) is 0 Å². The van der Waals surface area contributed by atoms with Gasteiger partial charge >= 0.3 is 0 Å². The number of amides is 2. The summed E-state index contributed by atoms with van der Waals surface area (Å²) in [5.41, 5.74) is 2.71. The van der Waals surface area contributed by atoms with E-state index >= 15 is 0 Å². The Labute approximate surface area is 191 Å². The highest BCUT2D eigenvalue weighted by Gasteiger charge is 2.29. The smallest absolute Gasteiger partial charge is 0.248 e. The van der Waals surface area contributed by atoms with E-state index in [9.17, 15) is 14.8 Å². The van der Waals surface area contributed by atoms with Gasteiger partial charge in [0.1, 0.15) is 6.79 Å². The summed E-state index contributed by atoms with van der Waals surface area (Å²) < 4.78 is 16.5. The predicted octanol–water partition coefficient (Wildman–Crippen LogP) is 3.04. The number of hydroxylamine groups is 1. The first-order valence-electron chi connectivity index (χ1n) is 11.5. The van der Waals surface area contributed by atoms with E-state index in [1.165, 1.54) is 0 Å². The molecule has 0 heterocycles. The molecular formula is C24H38N2O6. The third-order valence-corrected chi connectivity index (χ3v) is 5.90. The maximum Gasteiger partial charge on any atom is 0.248 e. The lowest BCUT2D eigenvalue weighted by atomic mass is 9.82. The number of ether oxygens (including phenoxy) is 3. The second-order valence-electron chi connectivity index (χ2n) is 8.55. The van der Waals surface area contributed by atoms with Crippen molar-refractivity contribution in [2.45, 2.75) is 58.6 Å². The lowest BCUT2D eigenvalue weighted by Gasteiger charge is -2.29. The highest BCUT2D eigenvalue weighted by molar-refractivity contribution is 5.80. The number of hydrogen-bond donors (Lipinski definition) is 3. The van der Waals surface area contributed by atoms with Crippen LogP contribution in [0.2, 0.25) is 0 Å². The molecule has 32 heavy (non-hydrogen) atoms. The molecule has 0 saturated heterocycles. The minimum absolute atomic E-state index is 0.00438. The maximum absolute atomic E-state index is 12.8. The molecule has 1 saturated carbocycles. The van der Waals surface area contributed by atoms with Crippen LogP contribution in [-0.2, 0) is 30.4 Å². The Morgan fingerprint density at radius 3 is 2.44 bits per heavy atom. The topological polar surface area (TPSA) is 106 Å². The van der Waals surface area contributed by atoms with Crippen molar-refractivity contribution in [3.05, 3.63) is 35.9 Å². The fourth-order valence-corrected chi connectivity index (χ4v) is 3.92. The Hall–Kier alpha value is -2.00. The summed E-state index contributed by atoms with van der Waals surface area (Å²) in [6.45, 7) is 5.41. The third-order valence-electron chi connectivity index (χ3n) is 5.90. The zero-order chi connectivity index (χ0) is 23.2. The van der Waals surface area contributed by atoms with Crippen molar-refractivity contribution in [2.75, 3.05) is 26.6 Å². The van der Waals surface area contributed by atoms with Crippen molar-refractivity contribution in [3.63, 3.8) is 0 Å². The van der Waals surface area contributed by atoms with E-state index in [2.05, 4.69) is 12.2 Å². The van der Waals surface area contributed by atoms with Gasteiger partial charge in [-0.15, -0.1) is 0 Å². The minimum atomic E-state index is -0.643. The predicted molar refractivity (Wildman–Crippen MR) is 120 cm³/mol. The molecular weight excluding hydrogens is 412 g/mol. The molecule has 8 heteroatoms. The average Bonchev–Trinajstić information content (AvgIpc) is 2.81. The van der Waals surface area contributed by atoms with E-state index < -0.39 is 17.9 Å². The molecule has 0 radical (unpaired) electrons. The zero-order valence-electron chi connectivity index (χ0n) is 19.3. The van der Waals surface area contributed by atoms with E-state index in [-0.39, 0.29) is 38.3 Å². The van der Waals surface area contributed by atoms with Crippen molar-refractivity contribution in [2.24, 2.45) is 17.8 Å². The van der Waals surface area contributed by atoms with Gasteiger partial charge in [-0.1, -0.05) is 37.3 Å². The fraction of sp³-hybridized carbons (Fsp3) is 0.667. The average molecular weight is 451 g/mol. The van der Waals surface area contributed by atoms with E-state index in [4.69, 9.17) is 14.2 Å². The molecule has 3 N–H and O–H groups in total. The summed E-state index contributed by atoms with van der Waals surface area (Å²) >= 11 is 0. The maximum atomic E-state index is 12.8. The Bertz CT molecular complexity index is 664. The molecule has 1 aromatic carbocycles. The molecule has 0 bridgehead atoms. The molecule has 1 aromatic rings. The molecule has 0 aromatic heterocycles. The van der Waals surface area contributed by atoms with E-state index in [0.29, 0.717) is 19.1 Å². The number of carbonyl (C=O) groups is 2. The molecule has 2 atom stereocenters. The monoisotopic (exact) mass is 450 g/mol. The lowest BCUT2D eigenvalue weighted by Crippen LogP contribution is -2.45. The van der Waals surface area contributed by atoms with Crippen LogP contribution < -0.4 is 10.8 Å². The number of hydrogen-bond acceptors (Lipinski definition) is 6. The van der Waals surface area contributed by atoms with E-state index in [1.807, 2.05) is 37.3 Å². The summed E-state index contributed by atoms with van der Waals surface area (Å²) in [6, 6.07) is 9.25. The highest BCUT2D eigenvalue weighted by Crippen LogP contribution is 2.28. The molecule has 1 aliphatic carbocycles. The Balaban J connectivity index is 1.94. The summed E-state index contributed by atoms with van der Waals surface area (Å²) in [5, 5.41) is 12.3. The van der Waals surface area contributed by atoms with Gasteiger partial charge in [0.25, 0.3) is 0 Å². The lowest BCUT2D eigenvalue weighted by molar-refractivity contribution is -0.137. The Morgan fingerprint density at radius 2 is 1.78 bits per heavy atom. The van der Waals surface area contributed by atoms with Crippen molar-refractivity contribution in [1.29, 1.82) is 0 Å². The molecule has 8 nitrogen and oxygen atoms in total. The SMILES string of the molecule is CCOCOCC(CC(COCc1ccccc1)C(=O)NO)NC(=O)C1CCC(C)CC1. The van der Waals surface area contributed by atoms with Crippen molar-refractivity contribution >= 4 is 11.8 Å². The second kappa shape index (κ2) is 14.9. The van der Waals surface area contributed by atoms with Gasteiger partial charge in [-0.05, 0) is 50.5 Å². The largest absolute Gasteiger partial charge is 0.376 e. The number of carbonyl (C=O) groups excluding carboxylic acids is 2. The molecule has 2 amide bonds. The summed E-state index contributed by atoms with van der Waals surface area (Å²) in [5.74, 6) is -0.552. The zero-order valence-corrected chi connectivity index (χ0v) is 19.3. The third kappa shape index (κ3) is 9.65. The van der Waals surface area contributed by atoms with E-state index in [0.717, 1.165) is 31.2 Å². The number of nitrogens with one attached hydrogen (secondary N) is 2. The van der Waals surface area contributed by atoms with Crippen LogP contribution in [0.4, 0.5) is 0 Å². The number of benzene rings is 1. The Kier molecular flexibility index (Phi) is 12.3. The van der Waals surface area contributed by atoms with E-state index in [1.54, 1.807) is 5.48 Å². The van der Waals surface area contributed by atoms with Crippen LogP contribution >= 0.6 is 0 Å². The first-order chi connectivity index (χ1) is 15.5. The first-order valence-corrected chi connectivity index (χ1v) is 11.5. The Morgan fingerprint density at radius 1 is 1.06 bits per heavy atom.